The van der Waals surface area contributed by atoms with Crippen LogP contribution in [0.4, 0.5) is 0 Å². The quantitative estimate of drug-likeness (QED) is 0.200. The van der Waals surface area contributed by atoms with Crippen LogP contribution in [0, 0.1) is 0 Å². The van der Waals surface area contributed by atoms with Gasteiger partial charge in [-0.25, -0.2) is 15.0 Å². The van der Waals surface area contributed by atoms with Gasteiger partial charge in [0, 0.05) is 27.3 Å². The van der Waals surface area contributed by atoms with Crippen LogP contribution >= 0.6 is 0 Å². The van der Waals surface area contributed by atoms with Crippen LogP contribution in [0.3, 0.4) is 0 Å². The first-order valence-corrected chi connectivity index (χ1v) is 15.3. The standard InChI is InChI=1S/C41H26N4O/c1-2-12-27(13-3-1)28-22-24-29(25-23-28)39-42-40(44-41(43-39)38-26-30-14-4-11-21-37(30)46-38)33-17-7-10-20-36(33)45-34-18-8-5-15-31(34)32-16-6-9-19-35(32)45/h1-26H. The SMILES string of the molecule is c1ccc(-c2ccc(-c3nc(-c4cc5ccccc5o4)nc(-c4ccccc4-n4c5ccccc5c5ccccc54)n3)cc2)cc1. The summed E-state index contributed by atoms with van der Waals surface area (Å²) in [6.07, 6.45) is 0. The lowest BCUT2D eigenvalue weighted by Crippen LogP contribution is -2.03. The predicted molar refractivity (Wildman–Crippen MR) is 186 cm³/mol. The van der Waals surface area contributed by atoms with Gasteiger partial charge in [0.25, 0.3) is 0 Å². The van der Waals surface area contributed by atoms with Crippen molar-refractivity contribution in [2.75, 3.05) is 0 Å². The lowest BCUT2D eigenvalue weighted by molar-refractivity contribution is 0.625. The molecule has 0 aliphatic rings. The fraction of sp³-hybridized carbons (Fsp3) is 0. The van der Waals surface area contributed by atoms with E-state index in [9.17, 15) is 0 Å². The van der Waals surface area contributed by atoms with E-state index in [-0.39, 0.29) is 0 Å². The topological polar surface area (TPSA) is 56.7 Å². The first-order valence-electron chi connectivity index (χ1n) is 15.3. The van der Waals surface area contributed by atoms with Crippen LogP contribution in [0.1, 0.15) is 0 Å². The minimum atomic E-state index is 0.486. The highest BCUT2D eigenvalue weighted by Crippen LogP contribution is 2.36. The van der Waals surface area contributed by atoms with E-state index in [0.717, 1.165) is 49.9 Å². The molecule has 0 unspecified atom stereocenters. The Hall–Kier alpha value is -6.33. The lowest BCUT2D eigenvalue weighted by Gasteiger charge is -2.14. The maximum atomic E-state index is 6.27. The third-order valence-electron chi connectivity index (χ3n) is 8.50. The number of para-hydroxylation sites is 4. The van der Waals surface area contributed by atoms with Crippen LogP contribution in [-0.4, -0.2) is 19.5 Å². The van der Waals surface area contributed by atoms with E-state index in [0.29, 0.717) is 23.2 Å². The maximum Gasteiger partial charge on any atom is 0.199 e. The van der Waals surface area contributed by atoms with E-state index in [2.05, 4.69) is 120 Å². The normalized spacial score (nSPS) is 11.5. The van der Waals surface area contributed by atoms with Crippen molar-refractivity contribution in [3.8, 4) is 51.2 Å². The number of benzene rings is 6. The van der Waals surface area contributed by atoms with Crippen molar-refractivity contribution in [3.05, 3.63) is 158 Å². The molecule has 6 aromatic carbocycles. The zero-order valence-electron chi connectivity index (χ0n) is 24.7. The summed E-state index contributed by atoms with van der Waals surface area (Å²) >= 11 is 0. The van der Waals surface area contributed by atoms with Crippen molar-refractivity contribution in [2.24, 2.45) is 0 Å². The fourth-order valence-electron chi connectivity index (χ4n) is 6.31. The first-order chi connectivity index (χ1) is 22.8. The Morgan fingerprint density at radius 1 is 0.435 bits per heavy atom. The van der Waals surface area contributed by atoms with E-state index in [1.807, 2.05) is 42.5 Å². The summed E-state index contributed by atoms with van der Waals surface area (Å²) in [4.78, 5) is 15.1. The largest absolute Gasteiger partial charge is 0.453 e. The molecule has 0 aliphatic heterocycles. The van der Waals surface area contributed by atoms with Crippen LogP contribution in [0.25, 0.3) is 83.9 Å². The van der Waals surface area contributed by atoms with Gasteiger partial charge in [0.1, 0.15) is 5.58 Å². The molecule has 46 heavy (non-hydrogen) atoms. The van der Waals surface area contributed by atoms with Crippen molar-refractivity contribution < 1.29 is 4.42 Å². The number of hydrogen-bond donors (Lipinski definition) is 0. The van der Waals surface area contributed by atoms with Crippen molar-refractivity contribution in [1.82, 2.24) is 19.5 Å². The second-order valence-corrected chi connectivity index (χ2v) is 11.3. The van der Waals surface area contributed by atoms with Crippen molar-refractivity contribution in [3.63, 3.8) is 0 Å². The molecule has 0 aliphatic carbocycles. The van der Waals surface area contributed by atoms with Crippen molar-refractivity contribution >= 4 is 32.8 Å². The molecule has 0 saturated carbocycles. The smallest absolute Gasteiger partial charge is 0.199 e. The molecule has 9 aromatic rings. The number of fused-ring (bicyclic) bond motifs is 4. The van der Waals surface area contributed by atoms with Gasteiger partial charge in [-0.1, -0.05) is 121 Å². The Kier molecular flexibility index (Phi) is 6.06. The molecule has 216 valence electrons. The molecule has 0 spiro atoms. The number of aromatic nitrogens is 4. The molecular formula is C41H26N4O. The van der Waals surface area contributed by atoms with Crippen LogP contribution < -0.4 is 0 Å². The molecule has 9 rings (SSSR count). The van der Waals surface area contributed by atoms with Crippen LogP contribution in [0.15, 0.2) is 162 Å². The molecule has 0 saturated heterocycles. The highest BCUT2D eigenvalue weighted by atomic mass is 16.3. The summed E-state index contributed by atoms with van der Waals surface area (Å²) in [5.41, 5.74) is 8.12. The van der Waals surface area contributed by atoms with Gasteiger partial charge in [-0.2, -0.15) is 0 Å². The molecule has 5 heteroatoms. The third kappa shape index (κ3) is 4.37. The van der Waals surface area contributed by atoms with E-state index in [1.165, 1.54) is 10.8 Å². The van der Waals surface area contributed by atoms with E-state index >= 15 is 0 Å². The number of nitrogens with zero attached hydrogens (tertiary/aromatic N) is 4. The average molecular weight is 591 g/mol. The number of furan rings is 1. The Balaban J connectivity index is 1.26. The summed E-state index contributed by atoms with van der Waals surface area (Å²) in [6.45, 7) is 0. The Labute approximate surface area is 265 Å². The first kappa shape index (κ1) is 26.1. The zero-order valence-corrected chi connectivity index (χ0v) is 24.7. The van der Waals surface area contributed by atoms with Crippen molar-refractivity contribution in [1.29, 1.82) is 0 Å². The van der Waals surface area contributed by atoms with Crippen LogP contribution in [-0.2, 0) is 0 Å². The van der Waals surface area contributed by atoms with Gasteiger partial charge in [-0.05, 0) is 47.5 Å². The third-order valence-corrected chi connectivity index (χ3v) is 8.50. The summed E-state index contributed by atoms with van der Waals surface area (Å²) < 4.78 is 8.58. The molecule has 5 nitrogen and oxygen atoms in total. The number of rotatable bonds is 5. The Morgan fingerprint density at radius 2 is 1.00 bits per heavy atom. The van der Waals surface area contributed by atoms with Gasteiger partial charge in [-0.15, -0.1) is 0 Å². The highest BCUT2D eigenvalue weighted by Gasteiger charge is 2.20. The molecule has 0 atom stereocenters. The zero-order chi connectivity index (χ0) is 30.5. The van der Waals surface area contributed by atoms with Crippen molar-refractivity contribution in [2.45, 2.75) is 0 Å². The van der Waals surface area contributed by atoms with E-state index < -0.39 is 0 Å². The maximum absolute atomic E-state index is 6.27. The summed E-state index contributed by atoms with van der Waals surface area (Å²) in [7, 11) is 0. The van der Waals surface area contributed by atoms with E-state index in [4.69, 9.17) is 19.4 Å². The second kappa shape index (κ2) is 10.7. The van der Waals surface area contributed by atoms with E-state index in [1.54, 1.807) is 0 Å². The molecule has 3 aromatic heterocycles. The molecular weight excluding hydrogens is 564 g/mol. The average Bonchev–Trinajstić information content (AvgIpc) is 3.72. The summed E-state index contributed by atoms with van der Waals surface area (Å²) in [5, 5.41) is 3.40. The molecule has 0 N–H and O–H groups in total. The Morgan fingerprint density at radius 3 is 1.76 bits per heavy atom. The monoisotopic (exact) mass is 590 g/mol. The van der Waals surface area contributed by atoms with Crippen LogP contribution in [0.2, 0.25) is 0 Å². The van der Waals surface area contributed by atoms with Gasteiger partial charge in [0.05, 0.1) is 16.7 Å². The molecule has 0 amide bonds. The van der Waals surface area contributed by atoms with Crippen LogP contribution in [0.5, 0.6) is 0 Å². The summed E-state index contributed by atoms with van der Waals surface area (Å²) in [5.74, 6) is 2.24. The Bertz CT molecular complexity index is 2440. The highest BCUT2D eigenvalue weighted by molar-refractivity contribution is 6.09. The minimum absolute atomic E-state index is 0.486. The van der Waals surface area contributed by atoms with Gasteiger partial charge in [0.2, 0.25) is 0 Å². The molecule has 0 bridgehead atoms. The minimum Gasteiger partial charge on any atom is -0.453 e. The van der Waals surface area contributed by atoms with Gasteiger partial charge < -0.3 is 8.98 Å². The fourth-order valence-corrected chi connectivity index (χ4v) is 6.31. The lowest BCUT2D eigenvalue weighted by atomic mass is 10.0. The molecule has 0 fully saturated rings. The predicted octanol–water partition coefficient (Wildman–Crippen LogP) is 10.4. The molecule has 3 heterocycles. The number of hydrogen-bond acceptors (Lipinski definition) is 4. The summed E-state index contributed by atoms with van der Waals surface area (Å²) in [6, 6.07) is 54.0. The second-order valence-electron chi connectivity index (χ2n) is 11.3. The van der Waals surface area contributed by atoms with Gasteiger partial charge in [-0.3, -0.25) is 0 Å². The van der Waals surface area contributed by atoms with Gasteiger partial charge in [0.15, 0.2) is 23.2 Å². The van der Waals surface area contributed by atoms with Gasteiger partial charge >= 0.3 is 0 Å². The molecule has 0 radical (unpaired) electrons.